The molecule has 6 rings (SSSR count). The smallest absolute Gasteiger partial charge is 0.239 e. The van der Waals surface area contributed by atoms with E-state index in [1.807, 2.05) is 0 Å². The number of thiocarbonyl (C=S) groups is 1. The van der Waals surface area contributed by atoms with E-state index >= 15 is 0 Å². The van der Waals surface area contributed by atoms with E-state index in [4.69, 9.17) is 18.0 Å². The predicted molar refractivity (Wildman–Crippen MR) is 125 cm³/mol. The van der Waals surface area contributed by atoms with E-state index in [1.165, 1.54) is 5.56 Å². The molecule has 5 fully saturated rings. The van der Waals surface area contributed by atoms with Gasteiger partial charge in [-0.05, 0) is 86.0 Å². The van der Waals surface area contributed by atoms with Crippen LogP contribution in [0.1, 0.15) is 76.7 Å². The monoisotopic (exact) mass is 446 g/mol. The van der Waals surface area contributed by atoms with Gasteiger partial charge in [0.05, 0.1) is 4.99 Å². The molecule has 4 bridgehead atoms. The Labute approximate surface area is 190 Å². The molecule has 5 saturated carbocycles. The Bertz CT molecular complexity index is 802. The lowest BCUT2D eigenvalue weighted by Gasteiger charge is -2.69. The van der Waals surface area contributed by atoms with Crippen molar-refractivity contribution in [2.75, 3.05) is 0 Å². The van der Waals surface area contributed by atoms with Gasteiger partial charge in [-0.2, -0.15) is 0 Å². The van der Waals surface area contributed by atoms with Crippen molar-refractivity contribution in [1.82, 2.24) is 5.32 Å². The quantitative estimate of drug-likeness (QED) is 0.546. The summed E-state index contributed by atoms with van der Waals surface area (Å²) in [4.78, 5) is 1.02. The van der Waals surface area contributed by atoms with Gasteiger partial charge in [-0.3, -0.25) is 0 Å². The van der Waals surface area contributed by atoms with Crippen molar-refractivity contribution in [1.29, 1.82) is 0 Å². The predicted octanol–water partition coefficient (Wildman–Crippen LogP) is 5.98. The van der Waals surface area contributed by atoms with Crippen LogP contribution in [-0.4, -0.2) is 23.5 Å². The first kappa shape index (κ1) is 21.8. The maximum atomic E-state index is 13.6. The molecule has 5 aliphatic rings. The summed E-state index contributed by atoms with van der Waals surface area (Å²) in [6.45, 7) is 2.15. The van der Waals surface area contributed by atoms with Crippen molar-refractivity contribution >= 4 is 17.2 Å². The van der Waals surface area contributed by atoms with Crippen LogP contribution in [-0.2, 0) is 5.41 Å². The zero-order valence-corrected chi connectivity index (χ0v) is 19.4. The second-order valence-electron chi connectivity index (χ2n) is 11.5. The molecule has 5 heteroatoms. The maximum absolute atomic E-state index is 13.6. The first-order chi connectivity index (χ1) is 14.7. The number of hydrogen-bond acceptors (Lipinski definition) is 2. The normalized spacial score (nSPS) is 43.9. The van der Waals surface area contributed by atoms with Crippen LogP contribution in [0.5, 0.6) is 0 Å². The molecule has 5 aliphatic carbocycles. The summed E-state index contributed by atoms with van der Waals surface area (Å²) >= 11 is 6.13. The van der Waals surface area contributed by atoms with Crippen molar-refractivity contribution in [3.63, 3.8) is 0 Å². The third-order valence-electron chi connectivity index (χ3n) is 9.66. The molecule has 31 heavy (non-hydrogen) atoms. The summed E-state index contributed by atoms with van der Waals surface area (Å²) < 4.78 is 27.3. The van der Waals surface area contributed by atoms with Crippen LogP contribution in [0.3, 0.4) is 0 Å². The van der Waals surface area contributed by atoms with Gasteiger partial charge >= 0.3 is 0 Å². The molecule has 0 amide bonds. The standard InChI is InChI=1S/C26H36F2N2S/c1-24(15-22(27)28)18-11-25(17-5-3-2-4-6-17)12-19(24)14-26(13-18,16-25)23(31)30-21-9-7-20(29)8-10-21/h2-6,18-22H,7-16,29H2,1H3,(H,30,31)/t18?,19?,20-,21-,24?,25?,26?. The molecule has 0 saturated heterocycles. The SMILES string of the molecule is CC1(CC(F)F)C2CC3(C(=S)N[C@H]4CC[C@H](N)CC4)CC1CC(c1ccccc1)(C2)C3. The van der Waals surface area contributed by atoms with E-state index < -0.39 is 6.43 Å². The lowest BCUT2D eigenvalue weighted by Crippen LogP contribution is -2.65. The summed E-state index contributed by atoms with van der Waals surface area (Å²) in [5.41, 5.74) is 7.25. The molecule has 0 aliphatic heterocycles. The maximum Gasteiger partial charge on any atom is 0.239 e. The van der Waals surface area contributed by atoms with E-state index in [0.717, 1.165) is 62.8 Å². The molecule has 170 valence electrons. The van der Waals surface area contributed by atoms with Gasteiger partial charge in [-0.1, -0.05) is 49.5 Å². The summed E-state index contributed by atoms with van der Waals surface area (Å²) in [5, 5.41) is 3.76. The average molecular weight is 447 g/mol. The van der Waals surface area contributed by atoms with Crippen molar-refractivity contribution in [2.45, 2.75) is 95.1 Å². The Morgan fingerprint density at radius 2 is 1.68 bits per heavy atom. The van der Waals surface area contributed by atoms with E-state index in [9.17, 15) is 8.78 Å². The van der Waals surface area contributed by atoms with Crippen LogP contribution in [0, 0.1) is 22.7 Å². The Balaban J connectivity index is 1.46. The minimum Gasteiger partial charge on any atom is -0.376 e. The molecule has 3 N–H and O–H groups in total. The van der Waals surface area contributed by atoms with Crippen LogP contribution in [0.25, 0.3) is 0 Å². The number of rotatable bonds is 5. The Morgan fingerprint density at radius 1 is 1.06 bits per heavy atom. The van der Waals surface area contributed by atoms with Crippen molar-refractivity contribution in [3.05, 3.63) is 35.9 Å². The summed E-state index contributed by atoms with van der Waals surface area (Å²) in [6.07, 6.45) is 7.13. The molecule has 2 nitrogen and oxygen atoms in total. The van der Waals surface area contributed by atoms with Gasteiger partial charge in [-0.25, -0.2) is 8.78 Å². The minimum atomic E-state index is -2.23. The van der Waals surface area contributed by atoms with Crippen LogP contribution in [0.2, 0.25) is 0 Å². The zero-order valence-electron chi connectivity index (χ0n) is 18.6. The van der Waals surface area contributed by atoms with Gasteiger partial charge in [-0.15, -0.1) is 0 Å². The van der Waals surface area contributed by atoms with Crippen molar-refractivity contribution in [2.24, 2.45) is 28.4 Å². The van der Waals surface area contributed by atoms with E-state index in [2.05, 4.69) is 42.6 Å². The van der Waals surface area contributed by atoms with Gasteiger partial charge in [0.2, 0.25) is 6.43 Å². The molecule has 2 atom stereocenters. The van der Waals surface area contributed by atoms with Gasteiger partial charge in [0, 0.05) is 23.9 Å². The van der Waals surface area contributed by atoms with Crippen LogP contribution in [0.15, 0.2) is 30.3 Å². The van der Waals surface area contributed by atoms with Crippen LogP contribution in [0.4, 0.5) is 8.78 Å². The third-order valence-corrected chi connectivity index (χ3v) is 10.2. The number of nitrogens with one attached hydrogen (secondary N) is 1. The van der Waals surface area contributed by atoms with E-state index in [-0.39, 0.29) is 22.7 Å². The fourth-order valence-corrected chi connectivity index (χ4v) is 8.47. The first-order valence-corrected chi connectivity index (χ1v) is 12.6. The van der Waals surface area contributed by atoms with Gasteiger partial charge in [0.1, 0.15) is 0 Å². The molecule has 2 unspecified atom stereocenters. The first-order valence-electron chi connectivity index (χ1n) is 12.1. The molecule has 0 aromatic heterocycles. The number of nitrogens with two attached hydrogens (primary N) is 1. The average Bonchev–Trinajstić information content (AvgIpc) is 2.73. The zero-order chi connectivity index (χ0) is 21.9. The summed E-state index contributed by atoms with van der Waals surface area (Å²) in [7, 11) is 0. The highest BCUT2D eigenvalue weighted by atomic mass is 32.1. The van der Waals surface area contributed by atoms with Gasteiger partial charge < -0.3 is 11.1 Å². The van der Waals surface area contributed by atoms with Crippen molar-refractivity contribution in [3.8, 4) is 0 Å². The topological polar surface area (TPSA) is 38.0 Å². The molecule has 0 radical (unpaired) electrons. The molecule has 0 heterocycles. The highest BCUT2D eigenvalue weighted by molar-refractivity contribution is 7.80. The fourth-order valence-electron chi connectivity index (χ4n) is 8.06. The van der Waals surface area contributed by atoms with Gasteiger partial charge in [0.15, 0.2) is 0 Å². The lowest BCUT2D eigenvalue weighted by atomic mass is 9.36. The number of hydrogen-bond donors (Lipinski definition) is 2. The highest BCUT2D eigenvalue weighted by Gasteiger charge is 2.66. The molecule has 1 aromatic rings. The summed E-state index contributed by atoms with van der Waals surface area (Å²) in [6, 6.07) is 11.6. The van der Waals surface area contributed by atoms with E-state index in [0.29, 0.717) is 23.9 Å². The van der Waals surface area contributed by atoms with Crippen LogP contribution < -0.4 is 11.1 Å². The summed E-state index contributed by atoms with van der Waals surface area (Å²) in [5.74, 6) is 0.616. The molecule has 0 spiro atoms. The molecular weight excluding hydrogens is 410 g/mol. The third kappa shape index (κ3) is 3.64. The number of halogens is 2. The lowest BCUT2D eigenvalue weighted by molar-refractivity contribution is -0.151. The molecule has 1 aromatic carbocycles. The van der Waals surface area contributed by atoms with E-state index in [1.54, 1.807) is 0 Å². The Morgan fingerprint density at radius 3 is 2.26 bits per heavy atom. The van der Waals surface area contributed by atoms with Crippen LogP contribution >= 0.6 is 12.2 Å². The van der Waals surface area contributed by atoms with Crippen molar-refractivity contribution < 1.29 is 8.78 Å². The highest BCUT2D eigenvalue weighted by Crippen LogP contribution is 2.72. The minimum absolute atomic E-state index is 0.0317. The Kier molecular flexibility index (Phi) is 5.45. The second-order valence-corrected chi connectivity index (χ2v) is 11.9. The second kappa shape index (κ2) is 7.76. The molecular formula is C26H36F2N2S. The number of benzene rings is 1. The fraction of sp³-hybridized carbons (Fsp3) is 0.731. The van der Waals surface area contributed by atoms with Gasteiger partial charge in [0.25, 0.3) is 0 Å². The Hall–Kier alpha value is -1.07. The largest absolute Gasteiger partial charge is 0.376 e. The number of alkyl halides is 2.